The summed E-state index contributed by atoms with van der Waals surface area (Å²) >= 11 is 0.859. The predicted molar refractivity (Wildman–Crippen MR) is 82.0 cm³/mol. The highest BCUT2D eigenvalue weighted by molar-refractivity contribution is 7.91. The number of hydrogen-bond donors (Lipinski definition) is 1. The van der Waals surface area contributed by atoms with E-state index in [9.17, 15) is 13.2 Å². The third-order valence-corrected chi connectivity index (χ3v) is 6.38. The number of carbonyl (C=O) groups is 1. The minimum Gasteiger partial charge on any atom is -0.301 e. The van der Waals surface area contributed by atoms with Crippen molar-refractivity contribution in [3.05, 3.63) is 35.4 Å². The van der Waals surface area contributed by atoms with Crippen molar-refractivity contribution >= 4 is 32.4 Å². The molecule has 1 amide bonds. The van der Waals surface area contributed by atoms with Gasteiger partial charge in [0.1, 0.15) is 0 Å². The Morgan fingerprint density at radius 3 is 2.73 bits per heavy atom. The zero-order valence-electron chi connectivity index (χ0n) is 11.8. The van der Waals surface area contributed by atoms with Gasteiger partial charge in [0.25, 0.3) is 10.0 Å². The first-order valence-corrected chi connectivity index (χ1v) is 8.90. The summed E-state index contributed by atoms with van der Waals surface area (Å²) in [5.74, 6) is -0.313. The fourth-order valence-electron chi connectivity index (χ4n) is 2.30. The van der Waals surface area contributed by atoms with E-state index in [0.29, 0.717) is 19.5 Å². The van der Waals surface area contributed by atoms with E-state index in [1.165, 1.54) is 16.8 Å². The van der Waals surface area contributed by atoms with Crippen LogP contribution in [0.4, 0.5) is 5.13 Å². The molecular weight excluding hydrogens is 324 g/mol. The van der Waals surface area contributed by atoms with Crippen LogP contribution >= 0.6 is 11.3 Å². The number of carbonyl (C=O) groups excluding carboxylic acids is 1. The molecule has 1 aromatic carbocycles. The zero-order chi connectivity index (χ0) is 15.7. The van der Waals surface area contributed by atoms with Gasteiger partial charge in [-0.1, -0.05) is 35.6 Å². The van der Waals surface area contributed by atoms with Crippen LogP contribution in [0.3, 0.4) is 0 Å². The highest BCUT2D eigenvalue weighted by Gasteiger charge is 2.31. The maximum Gasteiger partial charge on any atom is 0.272 e. The van der Waals surface area contributed by atoms with Crippen molar-refractivity contribution in [3.8, 4) is 0 Å². The lowest BCUT2D eigenvalue weighted by molar-refractivity contribution is -0.114. The monoisotopic (exact) mass is 338 g/mol. The van der Waals surface area contributed by atoms with Crippen LogP contribution in [-0.2, 0) is 27.8 Å². The molecule has 3 rings (SSSR count). The maximum absolute atomic E-state index is 12.6. The van der Waals surface area contributed by atoms with Crippen molar-refractivity contribution in [3.63, 3.8) is 0 Å². The molecule has 7 nitrogen and oxygen atoms in total. The fourth-order valence-corrected chi connectivity index (χ4v) is 4.80. The molecular formula is C13H14N4O3S2. The van der Waals surface area contributed by atoms with Crippen LogP contribution < -0.4 is 5.32 Å². The molecule has 9 heteroatoms. The number of benzene rings is 1. The minimum absolute atomic E-state index is 0.101. The molecule has 2 heterocycles. The van der Waals surface area contributed by atoms with Crippen molar-refractivity contribution in [2.45, 2.75) is 24.2 Å². The predicted octanol–water partition coefficient (Wildman–Crippen LogP) is 1.24. The van der Waals surface area contributed by atoms with Gasteiger partial charge in [-0.15, -0.1) is 10.2 Å². The van der Waals surface area contributed by atoms with Gasteiger partial charge in [-0.2, -0.15) is 4.31 Å². The van der Waals surface area contributed by atoms with Crippen LogP contribution in [0.2, 0.25) is 0 Å². The summed E-state index contributed by atoms with van der Waals surface area (Å²) in [6.07, 6.45) is 0.673. The second-order valence-corrected chi connectivity index (χ2v) is 8.00. The first-order chi connectivity index (χ1) is 10.5. The van der Waals surface area contributed by atoms with Crippen LogP contribution in [0.1, 0.15) is 18.1 Å². The fraction of sp³-hybridized carbons (Fsp3) is 0.308. The van der Waals surface area contributed by atoms with Crippen LogP contribution in [0.15, 0.2) is 28.6 Å². The summed E-state index contributed by atoms with van der Waals surface area (Å²) in [5.41, 5.74) is 2.18. The quantitative estimate of drug-likeness (QED) is 0.850. The van der Waals surface area contributed by atoms with Crippen molar-refractivity contribution in [1.82, 2.24) is 14.5 Å². The van der Waals surface area contributed by atoms with Gasteiger partial charge in [0.2, 0.25) is 15.4 Å². The molecule has 0 unspecified atom stereocenters. The summed E-state index contributed by atoms with van der Waals surface area (Å²) in [4.78, 5) is 11.0. The summed E-state index contributed by atoms with van der Waals surface area (Å²) < 4.78 is 26.5. The van der Waals surface area contributed by atoms with Crippen molar-refractivity contribution in [2.75, 3.05) is 11.9 Å². The van der Waals surface area contributed by atoms with E-state index in [0.717, 1.165) is 16.9 Å². The highest BCUT2D eigenvalue weighted by Crippen LogP contribution is 2.27. The Hall–Kier alpha value is -1.84. The number of amides is 1. The Labute approximate surface area is 132 Å². The Morgan fingerprint density at radius 2 is 2.00 bits per heavy atom. The Bertz CT molecular complexity index is 816. The number of sulfonamides is 1. The molecule has 0 saturated heterocycles. The van der Waals surface area contributed by atoms with E-state index in [1.807, 2.05) is 24.3 Å². The molecule has 0 radical (unpaired) electrons. The van der Waals surface area contributed by atoms with E-state index >= 15 is 0 Å². The number of nitrogens with one attached hydrogen (secondary N) is 1. The average molecular weight is 338 g/mol. The van der Waals surface area contributed by atoms with E-state index in [-0.39, 0.29) is 15.4 Å². The van der Waals surface area contributed by atoms with Crippen molar-refractivity contribution < 1.29 is 13.2 Å². The van der Waals surface area contributed by atoms with E-state index < -0.39 is 10.0 Å². The molecule has 1 aromatic heterocycles. The van der Waals surface area contributed by atoms with Gasteiger partial charge in [0.15, 0.2) is 0 Å². The summed E-state index contributed by atoms with van der Waals surface area (Å²) in [5, 5.41) is 10.0. The average Bonchev–Trinajstić information content (AvgIpc) is 2.95. The number of anilines is 1. The largest absolute Gasteiger partial charge is 0.301 e. The lowest BCUT2D eigenvalue weighted by Gasteiger charge is -2.26. The van der Waals surface area contributed by atoms with Gasteiger partial charge in [-0.25, -0.2) is 8.42 Å². The molecule has 0 saturated carbocycles. The second kappa shape index (κ2) is 5.75. The van der Waals surface area contributed by atoms with Gasteiger partial charge >= 0.3 is 0 Å². The molecule has 116 valence electrons. The Morgan fingerprint density at radius 1 is 1.27 bits per heavy atom. The lowest BCUT2D eigenvalue weighted by atomic mass is 10.0. The van der Waals surface area contributed by atoms with Crippen molar-refractivity contribution in [2.24, 2.45) is 0 Å². The summed E-state index contributed by atoms with van der Waals surface area (Å²) in [7, 11) is -3.69. The normalized spacial score (nSPS) is 15.3. The molecule has 2 aromatic rings. The number of hydrogen-bond acceptors (Lipinski definition) is 6. The molecule has 22 heavy (non-hydrogen) atoms. The zero-order valence-corrected chi connectivity index (χ0v) is 13.4. The smallest absolute Gasteiger partial charge is 0.272 e. The highest BCUT2D eigenvalue weighted by atomic mass is 32.2. The topological polar surface area (TPSA) is 92.3 Å². The van der Waals surface area contributed by atoms with Gasteiger partial charge in [0, 0.05) is 20.0 Å². The second-order valence-electron chi connectivity index (χ2n) is 4.91. The molecule has 0 fully saturated rings. The van der Waals surface area contributed by atoms with Crippen LogP contribution in [0.5, 0.6) is 0 Å². The molecule has 0 atom stereocenters. The first kappa shape index (κ1) is 15.1. The summed E-state index contributed by atoms with van der Waals surface area (Å²) in [6.45, 7) is 2.07. The third-order valence-electron chi connectivity index (χ3n) is 3.35. The lowest BCUT2D eigenvalue weighted by Crippen LogP contribution is -2.35. The van der Waals surface area contributed by atoms with Gasteiger partial charge in [0.05, 0.1) is 0 Å². The third kappa shape index (κ3) is 2.87. The van der Waals surface area contributed by atoms with Gasteiger partial charge < -0.3 is 5.32 Å². The molecule has 0 aliphatic carbocycles. The van der Waals surface area contributed by atoms with Crippen LogP contribution in [0, 0.1) is 0 Å². The molecule has 0 bridgehead atoms. The number of aromatic nitrogens is 2. The Kier molecular flexibility index (Phi) is 3.94. The SMILES string of the molecule is CC(=O)Nc1nnc(S(=O)(=O)N2CCc3ccccc3C2)s1. The molecule has 0 spiro atoms. The number of fused-ring (bicyclic) bond motifs is 1. The molecule has 1 N–H and O–H groups in total. The van der Waals surface area contributed by atoms with Gasteiger partial charge in [-0.05, 0) is 17.5 Å². The minimum atomic E-state index is -3.69. The standard InChI is InChI=1S/C13H14N4O3S2/c1-9(18)14-12-15-16-13(21-12)22(19,20)17-7-6-10-4-2-3-5-11(10)8-17/h2-5H,6-8H2,1H3,(H,14,15,18). The Balaban J connectivity index is 1.85. The molecule has 1 aliphatic heterocycles. The van der Waals surface area contributed by atoms with E-state index in [4.69, 9.17) is 0 Å². The number of rotatable bonds is 3. The first-order valence-electron chi connectivity index (χ1n) is 6.65. The van der Waals surface area contributed by atoms with E-state index in [2.05, 4.69) is 15.5 Å². The van der Waals surface area contributed by atoms with Crippen LogP contribution in [-0.4, -0.2) is 35.4 Å². The molecule has 1 aliphatic rings. The van der Waals surface area contributed by atoms with Crippen molar-refractivity contribution in [1.29, 1.82) is 0 Å². The number of nitrogens with zero attached hydrogens (tertiary/aromatic N) is 3. The van der Waals surface area contributed by atoms with Gasteiger partial charge in [-0.3, -0.25) is 4.79 Å². The maximum atomic E-state index is 12.6. The van der Waals surface area contributed by atoms with E-state index in [1.54, 1.807) is 0 Å². The van der Waals surface area contributed by atoms with Crippen LogP contribution in [0.25, 0.3) is 0 Å². The summed E-state index contributed by atoms with van der Waals surface area (Å²) in [6, 6.07) is 7.79.